The zero-order chi connectivity index (χ0) is 14.7. The highest BCUT2D eigenvalue weighted by molar-refractivity contribution is 5.83. The molecule has 2 aliphatic rings. The van der Waals surface area contributed by atoms with Gasteiger partial charge in [0.2, 0.25) is 5.91 Å². The Bertz CT molecular complexity index is 474. The smallest absolute Gasteiger partial charge is 0.230 e. The number of amides is 1. The van der Waals surface area contributed by atoms with E-state index >= 15 is 0 Å². The van der Waals surface area contributed by atoms with Gasteiger partial charge >= 0.3 is 0 Å². The third-order valence-corrected chi connectivity index (χ3v) is 5.09. The van der Waals surface area contributed by atoms with Crippen molar-refractivity contribution in [2.45, 2.75) is 25.7 Å². The van der Waals surface area contributed by atoms with Gasteiger partial charge in [-0.25, -0.2) is 0 Å². The number of anilines is 1. The van der Waals surface area contributed by atoms with Crippen LogP contribution in [0.4, 0.5) is 5.69 Å². The predicted octanol–water partition coefficient (Wildman–Crippen LogP) is 1.85. The summed E-state index contributed by atoms with van der Waals surface area (Å²) in [7, 11) is 0. The quantitative estimate of drug-likeness (QED) is 0.923. The lowest BCUT2D eigenvalue weighted by Crippen LogP contribution is -2.54. The van der Waals surface area contributed by atoms with Crippen LogP contribution in [-0.4, -0.2) is 43.5 Å². The van der Waals surface area contributed by atoms with Crippen molar-refractivity contribution in [3.8, 4) is 0 Å². The molecular weight excluding hydrogens is 262 g/mol. The molecule has 0 spiro atoms. The van der Waals surface area contributed by atoms with Gasteiger partial charge in [0.1, 0.15) is 0 Å². The highest BCUT2D eigenvalue weighted by Gasteiger charge is 2.42. The van der Waals surface area contributed by atoms with Crippen molar-refractivity contribution in [1.29, 1.82) is 0 Å². The fraction of sp³-hybridized carbons (Fsp3) is 0.588. The fourth-order valence-corrected chi connectivity index (χ4v) is 3.70. The van der Waals surface area contributed by atoms with E-state index in [0.29, 0.717) is 12.5 Å². The van der Waals surface area contributed by atoms with Gasteiger partial charge in [0, 0.05) is 38.4 Å². The highest BCUT2D eigenvalue weighted by Crippen LogP contribution is 2.39. The van der Waals surface area contributed by atoms with E-state index in [1.165, 1.54) is 5.69 Å². The molecular formula is C17H25N3O. The molecule has 1 heterocycles. The average molecular weight is 287 g/mol. The monoisotopic (exact) mass is 287 g/mol. The number of hydrogen-bond acceptors (Lipinski definition) is 3. The highest BCUT2D eigenvalue weighted by atomic mass is 16.2. The molecule has 0 atom stereocenters. The Morgan fingerprint density at radius 3 is 2.24 bits per heavy atom. The molecule has 1 amide bonds. The van der Waals surface area contributed by atoms with Crippen LogP contribution < -0.4 is 10.6 Å². The van der Waals surface area contributed by atoms with Crippen molar-refractivity contribution in [1.82, 2.24) is 4.90 Å². The van der Waals surface area contributed by atoms with Crippen LogP contribution in [0.25, 0.3) is 0 Å². The maximum atomic E-state index is 12.8. The lowest BCUT2D eigenvalue weighted by molar-refractivity contribution is -0.141. The molecule has 1 aliphatic heterocycles. The number of carbonyl (C=O) groups is 1. The molecule has 0 radical (unpaired) electrons. The van der Waals surface area contributed by atoms with Crippen LogP contribution in [0.2, 0.25) is 0 Å². The molecule has 0 aromatic heterocycles. The number of nitrogens with two attached hydrogens (primary N) is 1. The number of nitrogens with zero attached hydrogens (tertiary/aromatic N) is 2. The maximum absolute atomic E-state index is 12.8. The molecule has 4 heteroatoms. The largest absolute Gasteiger partial charge is 0.368 e. The summed E-state index contributed by atoms with van der Waals surface area (Å²) < 4.78 is 0. The first-order valence-corrected chi connectivity index (χ1v) is 8.05. The summed E-state index contributed by atoms with van der Waals surface area (Å²) in [6, 6.07) is 10.4. The number of piperazine rings is 1. The average Bonchev–Trinajstić information content (AvgIpc) is 3.05. The van der Waals surface area contributed by atoms with Crippen LogP contribution in [-0.2, 0) is 4.79 Å². The molecule has 3 rings (SSSR count). The van der Waals surface area contributed by atoms with E-state index in [4.69, 9.17) is 5.73 Å². The van der Waals surface area contributed by atoms with Crippen molar-refractivity contribution in [3.63, 3.8) is 0 Å². The molecule has 1 aromatic rings. The first-order valence-electron chi connectivity index (χ1n) is 8.05. The predicted molar refractivity (Wildman–Crippen MR) is 85.2 cm³/mol. The van der Waals surface area contributed by atoms with Gasteiger partial charge in [-0.2, -0.15) is 0 Å². The zero-order valence-corrected chi connectivity index (χ0v) is 12.6. The summed E-state index contributed by atoms with van der Waals surface area (Å²) >= 11 is 0. The minimum absolute atomic E-state index is 0.255. The number of rotatable bonds is 3. The van der Waals surface area contributed by atoms with Gasteiger partial charge in [-0.3, -0.25) is 4.79 Å². The van der Waals surface area contributed by atoms with E-state index in [2.05, 4.69) is 29.2 Å². The number of carbonyl (C=O) groups excluding carboxylic acids is 1. The Labute approximate surface area is 126 Å². The van der Waals surface area contributed by atoms with Crippen LogP contribution in [0.3, 0.4) is 0 Å². The van der Waals surface area contributed by atoms with E-state index in [1.807, 2.05) is 11.0 Å². The van der Waals surface area contributed by atoms with Crippen molar-refractivity contribution < 1.29 is 4.79 Å². The van der Waals surface area contributed by atoms with Gasteiger partial charge in [-0.15, -0.1) is 0 Å². The third-order valence-electron chi connectivity index (χ3n) is 5.09. The minimum atomic E-state index is -0.255. The second-order valence-electron chi connectivity index (χ2n) is 6.31. The summed E-state index contributed by atoms with van der Waals surface area (Å²) in [5.74, 6) is 0.301. The molecule has 1 aliphatic carbocycles. The van der Waals surface area contributed by atoms with Crippen molar-refractivity contribution in [2.24, 2.45) is 11.1 Å². The van der Waals surface area contributed by atoms with Gasteiger partial charge in [0.15, 0.2) is 0 Å². The third kappa shape index (κ3) is 2.77. The summed E-state index contributed by atoms with van der Waals surface area (Å²) in [5, 5.41) is 0. The van der Waals surface area contributed by atoms with Crippen LogP contribution in [0.15, 0.2) is 30.3 Å². The van der Waals surface area contributed by atoms with Crippen LogP contribution in [0.5, 0.6) is 0 Å². The fourth-order valence-electron chi connectivity index (χ4n) is 3.70. The van der Waals surface area contributed by atoms with Crippen molar-refractivity contribution in [2.75, 3.05) is 37.6 Å². The van der Waals surface area contributed by atoms with Crippen molar-refractivity contribution in [3.05, 3.63) is 30.3 Å². The number of benzene rings is 1. The lowest BCUT2D eigenvalue weighted by atomic mass is 9.84. The Kier molecular flexibility index (Phi) is 4.15. The Morgan fingerprint density at radius 1 is 1.05 bits per heavy atom. The summed E-state index contributed by atoms with van der Waals surface area (Å²) in [6.07, 6.45) is 4.24. The number of hydrogen-bond donors (Lipinski definition) is 1. The van der Waals surface area contributed by atoms with Crippen LogP contribution in [0, 0.1) is 5.41 Å². The van der Waals surface area contributed by atoms with E-state index in [0.717, 1.165) is 51.9 Å². The van der Waals surface area contributed by atoms with Crippen LogP contribution in [0.1, 0.15) is 25.7 Å². The maximum Gasteiger partial charge on any atom is 0.230 e. The van der Waals surface area contributed by atoms with Gasteiger partial charge in [-0.05, 0) is 25.0 Å². The van der Waals surface area contributed by atoms with E-state index in [-0.39, 0.29) is 5.41 Å². The molecule has 2 fully saturated rings. The Balaban J connectivity index is 1.62. The second kappa shape index (κ2) is 6.06. The minimum Gasteiger partial charge on any atom is -0.368 e. The Hall–Kier alpha value is -1.55. The molecule has 1 aromatic carbocycles. The first-order chi connectivity index (χ1) is 10.2. The standard InChI is InChI=1S/C17H25N3O/c18-14-17(8-4-5-9-17)16(21)20-12-10-19(11-13-20)15-6-2-1-3-7-15/h1-3,6-7H,4-5,8-14,18H2. The SMILES string of the molecule is NCC1(C(=O)N2CCN(c3ccccc3)CC2)CCCC1. The molecule has 1 saturated carbocycles. The number of para-hydroxylation sites is 1. The molecule has 0 bridgehead atoms. The zero-order valence-electron chi connectivity index (χ0n) is 12.6. The molecule has 0 unspecified atom stereocenters. The normalized spacial score (nSPS) is 21.6. The summed E-state index contributed by atoms with van der Waals surface area (Å²) in [5.41, 5.74) is 6.93. The molecule has 2 N–H and O–H groups in total. The van der Waals surface area contributed by atoms with Gasteiger partial charge in [-0.1, -0.05) is 31.0 Å². The van der Waals surface area contributed by atoms with Gasteiger partial charge in [0.25, 0.3) is 0 Å². The topological polar surface area (TPSA) is 49.6 Å². The van der Waals surface area contributed by atoms with Crippen molar-refractivity contribution >= 4 is 11.6 Å². The molecule has 21 heavy (non-hydrogen) atoms. The van der Waals surface area contributed by atoms with Gasteiger partial charge < -0.3 is 15.5 Å². The summed E-state index contributed by atoms with van der Waals surface area (Å²) in [6.45, 7) is 3.96. The Morgan fingerprint density at radius 2 is 1.67 bits per heavy atom. The second-order valence-corrected chi connectivity index (χ2v) is 6.31. The first kappa shape index (κ1) is 14.4. The molecule has 4 nitrogen and oxygen atoms in total. The van der Waals surface area contributed by atoms with E-state index < -0.39 is 0 Å². The molecule has 1 saturated heterocycles. The lowest BCUT2D eigenvalue weighted by Gasteiger charge is -2.40. The molecule has 114 valence electrons. The van der Waals surface area contributed by atoms with E-state index in [9.17, 15) is 4.79 Å². The van der Waals surface area contributed by atoms with Crippen LogP contribution >= 0.6 is 0 Å². The van der Waals surface area contributed by atoms with Gasteiger partial charge in [0.05, 0.1) is 5.41 Å². The van der Waals surface area contributed by atoms with E-state index in [1.54, 1.807) is 0 Å². The summed E-state index contributed by atoms with van der Waals surface area (Å²) in [4.78, 5) is 17.2.